The van der Waals surface area contributed by atoms with Crippen LogP contribution in [-0.2, 0) is 31.4 Å². The lowest BCUT2D eigenvalue weighted by atomic mass is 9.80. The maximum atomic E-state index is 14.5. The number of carbonyl (C=O) groups is 1. The van der Waals surface area contributed by atoms with E-state index in [0.717, 1.165) is 23.4 Å². The van der Waals surface area contributed by atoms with Crippen molar-refractivity contribution in [3.63, 3.8) is 0 Å². The number of alkyl halides is 1. The lowest BCUT2D eigenvalue weighted by Crippen LogP contribution is -2.51. The maximum Gasteiger partial charge on any atom is 0.260 e. The summed E-state index contributed by atoms with van der Waals surface area (Å²) in [6.07, 6.45) is 3.83. The van der Waals surface area contributed by atoms with Crippen molar-refractivity contribution in [3.05, 3.63) is 41.3 Å². The van der Waals surface area contributed by atoms with Gasteiger partial charge in [-0.2, -0.15) is 5.10 Å². The Labute approximate surface area is 145 Å². The number of carbonyl (C=O) groups excluding carboxylic acids is 1. The number of hydrogen-bond acceptors (Lipinski definition) is 4. The van der Waals surface area contributed by atoms with Crippen molar-refractivity contribution in [2.45, 2.75) is 44.5 Å². The van der Waals surface area contributed by atoms with Gasteiger partial charge in [0, 0.05) is 50.1 Å². The van der Waals surface area contributed by atoms with Gasteiger partial charge in [-0.15, -0.1) is 0 Å². The maximum absolute atomic E-state index is 14.5. The summed E-state index contributed by atoms with van der Waals surface area (Å²) in [4.78, 5) is 18.3. The standard InChI is InChI=1S/C18H21FN4O2/c1-22-15-6-10-23(17(24)18(19)7-4-8-18)11-13(15)14(21-22)12-25-16-5-2-3-9-20-16/h2-3,5,9H,4,6-8,10-12H2,1H3. The number of pyridine rings is 1. The van der Waals surface area contributed by atoms with Crippen LogP contribution in [0.5, 0.6) is 5.88 Å². The zero-order valence-corrected chi connectivity index (χ0v) is 14.2. The van der Waals surface area contributed by atoms with Crippen LogP contribution >= 0.6 is 0 Å². The molecule has 1 aliphatic carbocycles. The van der Waals surface area contributed by atoms with Crippen LogP contribution in [0.1, 0.15) is 36.2 Å². The molecule has 2 aliphatic rings. The second-order valence-electron chi connectivity index (χ2n) is 6.75. The van der Waals surface area contributed by atoms with E-state index in [4.69, 9.17) is 4.74 Å². The third kappa shape index (κ3) is 2.88. The van der Waals surface area contributed by atoms with E-state index in [1.807, 2.05) is 23.9 Å². The average Bonchev–Trinajstić information content (AvgIpc) is 2.93. The highest BCUT2D eigenvalue weighted by atomic mass is 19.1. The fraction of sp³-hybridized carbons (Fsp3) is 0.500. The molecule has 0 atom stereocenters. The van der Waals surface area contributed by atoms with Crippen molar-refractivity contribution >= 4 is 5.91 Å². The molecule has 7 heteroatoms. The quantitative estimate of drug-likeness (QED) is 0.853. The van der Waals surface area contributed by atoms with E-state index < -0.39 is 5.67 Å². The van der Waals surface area contributed by atoms with Crippen LogP contribution in [0, 0.1) is 0 Å². The van der Waals surface area contributed by atoms with E-state index in [-0.39, 0.29) is 12.5 Å². The smallest absolute Gasteiger partial charge is 0.260 e. The molecule has 25 heavy (non-hydrogen) atoms. The first-order valence-corrected chi connectivity index (χ1v) is 8.62. The molecule has 0 spiro atoms. The van der Waals surface area contributed by atoms with Crippen molar-refractivity contribution in [1.29, 1.82) is 0 Å². The van der Waals surface area contributed by atoms with Crippen molar-refractivity contribution in [1.82, 2.24) is 19.7 Å². The van der Waals surface area contributed by atoms with Crippen LogP contribution in [0.2, 0.25) is 0 Å². The van der Waals surface area contributed by atoms with Gasteiger partial charge in [-0.25, -0.2) is 9.37 Å². The lowest BCUT2D eigenvalue weighted by molar-refractivity contribution is -0.151. The van der Waals surface area contributed by atoms with Crippen LogP contribution in [0.25, 0.3) is 0 Å². The number of halogens is 1. The highest BCUT2D eigenvalue weighted by molar-refractivity contribution is 5.86. The molecular formula is C18H21FN4O2. The highest BCUT2D eigenvalue weighted by Crippen LogP contribution is 2.38. The number of nitrogens with zero attached hydrogens (tertiary/aromatic N) is 4. The number of hydrogen-bond donors (Lipinski definition) is 0. The number of rotatable bonds is 4. The summed E-state index contributed by atoms with van der Waals surface area (Å²) < 4.78 is 22.0. The van der Waals surface area contributed by atoms with E-state index in [0.29, 0.717) is 38.2 Å². The summed E-state index contributed by atoms with van der Waals surface area (Å²) in [7, 11) is 1.89. The Morgan fingerprint density at radius 1 is 1.40 bits per heavy atom. The number of fused-ring (bicyclic) bond motifs is 1. The van der Waals surface area contributed by atoms with Crippen LogP contribution in [-0.4, -0.2) is 37.8 Å². The summed E-state index contributed by atoms with van der Waals surface area (Å²) in [6, 6.07) is 5.47. The number of aromatic nitrogens is 3. The Balaban J connectivity index is 1.51. The third-order valence-electron chi connectivity index (χ3n) is 5.14. The Hall–Kier alpha value is -2.44. The van der Waals surface area contributed by atoms with Crippen LogP contribution in [0.15, 0.2) is 24.4 Å². The van der Waals surface area contributed by atoms with Crippen molar-refractivity contribution < 1.29 is 13.9 Å². The number of amides is 1. The van der Waals surface area contributed by atoms with Gasteiger partial charge in [-0.3, -0.25) is 9.48 Å². The summed E-state index contributed by atoms with van der Waals surface area (Å²) in [6.45, 7) is 1.22. The highest BCUT2D eigenvalue weighted by Gasteiger charge is 2.47. The van der Waals surface area contributed by atoms with Crippen molar-refractivity contribution in [2.24, 2.45) is 7.05 Å². The number of aryl methyl sites for hydroxylation is 1. The second kappa shape index (κ2) is 6.13. The molecule has 0 unspecified atom stereocenters. The first kappa shape index (κ1) is 16.1. The molecule has 2 aromatic heterocycles. The topological polar surface area (TPSA) is 60.2 Å². The normalized spacial score (nSPS) is 18.4. The van der Waals surface area contributed by atoms with E-state index in [2.05, 4.69) is 10.1 Å². The average molecular weight is 344 g/mol. The molecule has 3 heterocycles. The fourth-order valence-electron chi connectivity index (χ4n) is 3.52. The van der Waals surface area contributed by atoms with E-state index >= 15 is 0 Å². The third-order valence-corrected chi connectivity index (χ3v) is 5.14. The molecule has 1 aliphatic heterocycles. The predicted molar refractivity (Wildman–Crippen MR) is 88.6 cm³/mol. The van der Waals surface area contributed by atoms with Gasteiger partial charge in [0.15, 0.2) is 5.67 Å². The molecular weight excluding hydrogens is 323 g/mol. The summed E-state index contributed by atoms with van der Waals surface area (Å²) in [5.41, 5.74) is 1.19. The summed E-state index contributed by atoms with van der Waals surface area (Å²) in [5.74, 6) is 0.160. The molecule has 1 fully saturated rings. The minimum Gasteiger partial charge on any atom is -0.471 e. The molecule has 1 saturated carbocycles. The van der Waals surface area contributed by atoms with Crippen LogP contribution in [0.4, 0.5) is 4.39 Å². The molecule has 4 rings (SSSR count). The minimum atomic E-state index is -1.65. The lowest BCUT2D eigenvalue weighted by Gasteiger charge is -2.38. The Kier molecular flexibility index (Phi) is 3.94. The van der Waals surface area contributed by atoms with Gasteiger partial charge in [-0.1, -0.05) is 6.07 Å². The van der Waals surface area contributed by atoms with Crippen molar-refractivity contribution in [3.8, 4) is 5.88 Å². The Bertz CT molecular complexity index is 786. The van der Waals surface area contributed by atoms with Gasteiger partial charge >= 0.3 is 0 Å². The molecule has 0 saturated heterocycles. The Morgan fingerprint density at radius 3 is 2.92 bits per heavy atom. The Morgan fingerprint density at radius 2 is 2.24 bits per heavy atom. The van der Waals surface area contributed by atoms with Gasteiger partial charge in [0.05, 0.1) is 0 Å². The first-order chi connectivity index (χ1) is 12.1. The molecule has 1 amide bonds. The van der Waals surface area contributed by atoms with Gasteiger partial charge in [0.1, 0.15) is 12.3 Å². The van der Waals surface area contributed by atoms with Gasteiger partial charge in [0.2, 0.25) is 5.88 Å². The SMILES string of the molecule is Cn1nc(COc2ccccn2)c2c1CCN(C(=O)C1(F)CCC1)C2. The number of ether oxygens (including phenoxy) is 1. The molecule has 0 bridgehead atoms. The van der Waals surface area contributed by atoms with Crippen LogP contribution < -0.4 is 4.74 Å². The molecule has 0 radical (unpaired) electrons. The molecule has 0 aromatic carbocycles. The molecule has 6 nitrogen and oxygen atoms in total. The fourth-order valence-corrected chi connectivity index (χ4v) is 3.52. The van der Waals surface area contributed by atoms with E-state index in [9.17, 15) is 9.18 Å². The summed E-state index contributed by atoms with van der Waals surface area (Å²) >= 11 is 0. The van der Waals surface area contributed by atoms with E-state index in [1.165, 1.54) is 0 Å². The van der Waals surface area contributed by atoms with Gasteiger partial charge < -0.3 is 9.64 Å². The van der Waals surface area contributed by atoms with E-state index in [1.54, 1.807) is 17.2 Å². The van der Waals surface area contributed by atoms with Gasteiger partial charge in [-0.05, 0) is 25.3 Å². The first-order valence-electron chi connectivity index (χ1n) is 8.62. The van der Waals surface area contributed by atoms with Crippen molar-refractivity contribution in [2.75, 3.05) is 6.54 Å². The predicted octanol–water partition coefficient (Wildman–Crippen LogP) is 2.17. The monoisotopic (exact) mass is 344 g/mol. The molecule has 0 N–H and O–H groups in total. The molecule has 132 valence electrons. The largest absolute Gasteiger partial charge is 0.471 e. The van der Waals surface area contributed by atoms with Crippen LogP contribution in [0.3, 0.4) is 0 Å². The molecule has 2 aromatic rings. The second-order valence-corrected chi connectivity index (χ2v) is 6.75. The zero-order chi connectivity index (χ0) is 17.4. The minimum absolute atomic E-state index is 0.281. The van der Waals surface area contributed by atoms with Gasteiger partial charge in [0.25, 0.3) is 5.91 Å². The zero-order valence-electron chi connectivity index (χ0n) is 14.2. The summed E-state index contributed by atoms with van der Waals surface area (Å²) in [5, 5.41) is 4.53.